The van der Waals surface area contributed by atoms with Crippen LogP contribution in [-0.2, 0) is 6.42 Å². The van der Waals surface area contributed by atoms with Gasteiger partial charge in [-0.1, -0.05) is 37.8 Å². The summed E-state index contributed by atoms with van der Waals surface area (Å²) in [5, 5.41) is 0.664. The number of halogens is 2. The molecular formula is C18H27ClFN. The van der Waals surface area contributed by atoms with Crippen molar-refractivity contribution in [3.05, 3.63) is 34.6 Å². The Morgan fingerprint density at radius 2 is 2.05 bits per heavy atom. The Labute approximate surface area is 133 Å². The van der Waals surface area contributed by atoms with Gasteiger partial charge in [-0.15, -0.1) is 0 Å². The van der Waals surface area contributed by atoms with Gasteiger partial charge in [-0.3, -0.25) is 0 Å². The first-order valence-corrected chi connectivity index (χ1v) is 8.60. The highest BCUT2D eigenvalue weighted by molar-refractivity contribution is 6.31. The fraction of sp³-hybridized carbons (Fsp3) is 0.667. The molecule has 0 radical (unpaired) electrons. The van der Waals surface area contributed by atoms with Crippen LogP contribution in [-0.4, -0.2) is 6.54 Å². The van der Waals surface area contributed by atoms with E-state index in [1.54, 1.807) is 12.1 Å². The van der Waals surface area contributed by atoms with Gasteiger partial charge in [0.05, 0.1) is 0 Å². The van der Waals surface area contributed by atoms with Crippen LogP contribution in [0.25, 0.3) is 0 Å². The van der Waals surface area contributed by atoms with Crippen molar-refractivity contribution in [2.75, 3.05) is 6.54 Å². The van der Waals surface area contributed by atoms with E-state index in [1.807, 2.05) is 0 Å². The van der Waals surface area contributed by atoms with Gasteiger partial charge in [0.1, 0.15) is 5.82 Å². The summed E-state index contributed by atoms with van der Waals surface area (Å²) in [6.45, 7) is 2.92. The predicted octanol–water partition coefficient (Wildman–Crippen LogP) is 5.35. The average molecular weight is 312 g/mol. The number of hydrogen-bond donors (Lipinski definition) is 1. The Morgan fingerprint density at radius 1 is 1.33 bits per heavy atom. The molecular weight excluding hydrogens is 285 g/mol. The predicted molar refractivity (Wildman–Crippen MR) is 88.1 cm³/mol. The first-order valence-electron chi connectivity index (χ1n) is 8.22. The van der Waals surface area contributed by atoms with E-state index in [2.05, 4.69) is 6.92 Å². The smallest absolute Gasteiger partial charge is 0.123 e. The first-order chi connectivity index (χ1) is 10.1. The number of benzene rings is 1. The fourth-order valence-electron chi connectivity index (χ4n) is 3.61. The van der Waals surface area contributed by atoms with E-state index in [0.717, 1.165) is 30.7 Å². The Hall–Kier alpha value is -0.600. The zero-order valence-electron chi connectivity index (χ0n) is 13.0. The second kappa shape index (κ2) is 7.60. The Morgan fingerprint density at radius 3 is 2.67 bits per heavy atom. The molecule has 0 atom stereocenters. The molecule has 1 aliphatic rings. The van der Waals surface area contributed by atoms with Crippen LogP contribution in [0.1, 0.15) is 57.4 Å². The molecule has 0 saturated heterocycles. The summed E-state index contributed by atoms with van der Waals surface area (Å²) >= 11 is 6.22. The summed E-state index contributed by atoms with van der Waals surface area (Å²) in [5.41, 5.74) is 7.11. The lowest BCUT2D eigenvalue weighted by Crippen LogP contribution is -2.37. The van der Waals surface area contributed by atoms with Gasteiger partial charge in [-0.2, -0.15) is 0 Å². The number of hydrogen-bond acceptors (Lipinski definition) is 1. The highest BCUT2D eigenvalue weighted by atomic mass is 35.5. The molecule has 118 valence electrons. The summed E-state index contributed by atoms with van der Waals surface area (Å²) in [5.74, 6) is 0.644. The molecule has 1 aromatic rings. The van der Waals surface area contributed by atoms with Crippen molar-refractivity contribution in [2.45, 2.75) is 58.3 Å². The normalized spacial score (nSPS) is 26.0. The van der Waals surface area contributed by atoms with Crippen molar-refractivity contribution in [1.82, 2.24) is 0 Å². The Balaban J connectivity index is 2.01. The first kappa shape index (κ1) is 16.8. The minimum absolute atomic E-state index is 0.111. The van der Waals surface area contributed by atoms with Crippen molar-refractivity contribution in [2.24, 2.45) is 17.1 Å². The molecule has 0 spiro atoms. The maximum Gasteiger partial charge on any atom is 0.123 e. The third-order valence-corrected chi connectivity index (χ3v) is 5.51. The van der Waals surface area contributed by atoms with E-state index in [0.29, 0.717) is 11.6 Å². The van der Waals surface area contributed by atoms with E-state index >= 15 is 0 Å². The van der Waals surface area contributed by atoms with Gasteiger partial charge >= 0.3 is 0 Å². The molecule has 1 aliphatic carbocycles. The molecule has 0 aromatic heterocycles. The van der Waals surface area contributed by atoms with Crippen molar-refractivity contribution >= 4 is 11.6 Å². The Kier molecular flexibility index (Phi) is 6.07. The van der Waals surface area contributed by atoms with E-state index in [-0.39, 0.29) is 11.2 Å². The molecule has 1 aromatic carbocycles. The van der Waals surface area contributed by atoms with Gasteiger partial charge in [0.2, 0.25) is 0 Å². The van der Waals surface area contributed by atoms with Crippen molar-refractivity contribution < 1.29 is 4.39 Å². The summed E-state index contributed by atoms with van der Waals surface area (Å²) in [6, 6.07) is 4.65. The van der Waals surface area contributed by atoms with Crippen LogP contribution in [0.5, 0.6) is 0 Å². The van der Waals surface area contributed by atoms with Gasteiger partial charge in [0, 0.05) is 5.02 Å². The molecule has 1 saturated carbocycles. The summed E-state index contributed by atoms with van der Waals surface area (Å²) in [7, 11) is 0. The molecule has 2 rings (SSSR count). The minimum Gasteiger partial charge on any atom is -0.330 e. The van der Waals surface area contributed by atoms with Gasteiger partial charge in [0.25, 0.3) is 0 Å². The minimum atomic E-state index is -0.210. The van der Waals surface area contributed by atoms with Crippen LogP contribution in [0.2, 0.25) is 5.02 Å². The zero-order valence-corrected chi connectivity index (χ0v) is 13.8. The second-order valence-corrected chi connectivity index (χ2v) is 7.11. The van der Waals surface area contributed by atoms with Crippen LogP contribution in [0.15, 0.2) is 18.2 Å². The largest absolute Gasteiger partial charge is 0.330 e. The van der Waals surface area contributed by atoms with Crippen LogP contribution < -0.4 is 5.73 Å². The maximum absolute atomic E-state index is 13.4. The molecule has 0 amide bonds. The number of rotatable bonds is 6. The summed E-state index contributed by atoms with van der Waals surface area (Å²) in [4.78, 5) is 0. The lowest BCUT2D eigenvalue weighted by Gasteiger charge is -2.40. The van der Waals surface area contributed by atoms with Gasteiger partial charge < -0.3 is 5.73 Å². The lowest BCUT2D eigenvalue weighted by atomic mass is 9.66. The van der Waals surface area contributed by atoms with Crippen LogP contribution in [0.3, 0.4) is 0 Å². The molecule has 2 N–H and O–H groups in total. The van der Waals surface area contributed by atoms with Crippen LogP contribution in [0.4, 0.5) is 4.39 Å². The number of unbranched alkanes of at least 4 members (excludes halogenated alkanes) is 1. The third-order valence-electron chi connectivity index (χ3n) is 5.14. The van der Waals surface area contributed by atoms with Gasteiger partial charge in [-0.05, 0) is 73.7 Å². The monoisotopic (exact) mass is 311 g/mol. The fourth-order valence-corrected chi connectivity index (χ4v) is 3.79. The molecule has 3 heteroatoms. The van der Waals surface area contributed by atoms with Crippen molar-refractivity contribution in [1.29, 1.82) is 0 Å². The lowest BCUT2D eigenvalue weighted by molar-refractivity contribution is 0.150. The van der Waals surface area contributed by atoms with E-state index in [4.69, 9.17) is 17.3 Å². The highest BCUT2D eigenvalue weighted by Crippen LogP contribution is 2.43. The Bertz CT molecular complexity index is 453. The van der Waals surface area contributed by atoms with E-state index < -0.39 is 0 Å². The molecule has 0 aliphatic heterocycles. The molecule has 1 fully saturated rings. The highest BCUT2D eigenvalue weighted by Gasteiger charge is 2.34. The van der Waals surface area contributed by atoms with E-state index in [9.17, 15) is 4.39 Å². The molecule has 1 nitrogen and oxygen atoms in total. The molecule has 0 bridgehead atoms. The average Bonchev–Trinajstić information content (AvgIpc) is 2.50. The summed E-state index contributed by atoms with van der Waals surface area (Å²) in [6.07, 6.45) is 9.55. The SMILES string of the molecule is CCCCC1CCC(CN)(Cc2cc(F)ccc2Cl)CC1. The van der Waals surface area contributed by atoms with Gasteiger partial charge in [-0.25, -0.2) is 4.39 Å². The summed E-state index contributed by atoms with van der Waals surface area (Å²) < 4.78 is 13.4. The van der Waals surface area contributed by atoms with Crippen LogP contribution >= 0.6 is 11.6 Å². The van der Waals surface area contributed by atoms with Crippen LogP contribution in [0, 0.1) is 17.2 Å². The van der Waals surface area contributed by atoms with Gasteiger partial charge in [0.15, 0.2) is 0 Å². The number of nitrogens with two attached hydrogens (primary N) is 1. The standard InChI is InChI=1S/C18H27ClFN/c1-2-3-4-14-7-9-18(13-21,10-8-14)12-15-11-16(20)5-6-17(15)19/h5-6,11,14H,2-4,7-10,12-13,21H2,1H3. The zero-order chi connectivity index (χ0) is 15.3. The topological polar surface area (TPSA) is 26.0 Å². The molecule has 0 unspecified atom stereocenters. The maximum atomic E-state index is 13.4. The molecule has 0 heterocycles. The quantitative estimate of drug-likeness (QED) is 0.753. The van der Waals surface area contributed by atoms with Crippen molar-refractivity contribution in [3.8, 4) is 0 Å². The third kappa shape index (κ3) is 4.43. The van der Waals surface area contributed by atoms with Crippen molar-refractivity contribution in [3.63, 3.8) is 0 Å². The molecule has 21 heavy (non-hydrogen) atoms. The van der Waals surface area contributed by atoms with E-state index in [1.165, 1.54) is 38.2 Å². The second-order valence-electron chi connectivity index (χ2n) is 6.70.